The molecule has 2 aromatic rings. The van der Waals surface area contributed by atoms with Crippen molar-refractivity contribution in [2.45, 2.75) is 0 Å². The predicted octanol–water partition coefficient (Wildman–Crippen LogP) is 3.04. The van der Waals surface area contributed by atoms with Gasteiger partial charge in [0.25, 0.3) is 0 Å². The number of halogens is 1. The van der Waals surface area contributed by atoms with Crippen molar-refractivity contribution in [3.63, 3.8) is 0 Å². The van der Waals surface area contributed by atoms with Crippen LogP contribution in [0.2, 0.25) is 0 Å². The molecular weight excluding hydrogens is 315 g/mol. The van der Waals surface area contributed by atoms with Crippen molar-refractivity contribution < 1.29 is 23.4 Å². The Kier molecular flexibility index (Phi) is 6.24. The van der Waals surface area contributed by atoms with Crippen molar-refractivity contribution in [1.82, 2.24) is 5.32 Å². The monoisotopic (exact) mass is 334 g/mol. The van der Waals surface area contributed by atoms with E-state index in [1.807, 2.05) is 0 Å². The summed E-state index contributed by atoms with van der Waals surface area (Å²) in [4.78, 5) is 11.8. The van der Waals surface area contributed by atoms with Crippen molar-refractivity contribution in [3.8, 4) is 17.2 Å². The number of nitrogens with one attached hydrogen (secondary N) is 2. The summed E-state index contributed by atoms with van der Waals surface area (Å²) in [6, 6.07) is 10.7. The number of urea groups is 1. The Morgan fingerprint density at radius 1 is 1.04 bits per heavy atom. The molecule has 0 radical (unpaired) electrons. The number of ether oxygens (including phenoxy) is 3. The zero-order chi connectivity index (χ0) is 17.4. The second kappa shape index (κ2) is 8.61. The van der Waals surface area contributed by atoms with E-state index < -0.39 is 11.8 Å². The van der Waals surface area contributed by atoms with Crippen LogP contribution in [0.5, 0.6) is 17.2 Å². The second-order valence-electron chi connectivity index (χ2n) is 4.73. The molecule has 0 saturated heterocycles. The molecule has 0 spiro atoms. The Balaban J connectivity index is 1.78. The van der Waals surface area contributed by atoms with Crippen LogP contribution in [-0.4, -0.2) is 33.4 Å². The Labute approximate surface area is 139 Å². The molecule has 0 bridgehead atoms. The number of benzene rings is 2. The highest BCUT2D eigenvalue weighted by Crippen LogP contribution is 2.29. The lowest BCUT2D eigenvalue weighted by atomic mass is 10.3. The summed E-state index contributed by atoms with van der Waals surface area (Å²) in [6.07, 6.45) is 0. The van der Waals surface area contributed by atoms with Crippen LogP contribution < -0.4 is 24.8 Å². The van der Waals surface area contributed by atoms with E-state index in [0.717, 1.165) is 0 Å². The van der Waals surface area contributed by atoms with Gasteiger partial charge in [-0.25, -0.2) is 9.18 Å². The molecule has 0 heterocycles. The molecule has 0 unspecified atom stereocenters. The SMILES string of the molecule is COc1ccc(NC(=O)NCCOc2ccccc2F)cc1OC. The van der Waals surface area contributed by atoms with Crippen LogP contribution in [-0.2, 0) is 0 Å². The second-order valence-corrected chi connectivity index (χ2v) is 4.73. The number of hydrogen-bond donors (Lipinski definition) is 2. The topological polar surface area (TPSA) is 68.8 Å². The van der Waals surface area contributed by atoms with Gasteiger partial charge >= 0.3 is 6.03 Å². The Bertz CT molecular complexity index is 694. The van der Waals surface area contributed by atoms with E-state index in [-0.39, 0.29) is 18.9 Å². The fourth-order valence-electron chi connectivity index (χ4n) is 1.98. The van der Waals surface area contributed by atoms with Crippen LogP contribution in [0, 0.1) is 5.82 Å². The summed E-state index contributed by atoms with van der Waals surface area (Å²) in [6.45, 7) is 0.383. The minimum Gasteiger partial charge on any atom is -0.493 e. The molecule has 7 heteroatoms. The molecule has 0 aliphatic rings. The molecule has 24 heavy (non-hydrogen) atoms. The number of amides is 2. The molecule has 2 amide bonds. The quantitative estimate of drug-likeness (QED) is 0.764. The molecule has 2 aromatic carbocycles. The van der Waals surface area contributed by atoms with Crippen LogP contribution in [0.15, 0.2) is 42.5 Å². The largest absolute Gasteiger partial charge is 0.493 e. The first-order valence-electron chi connectivity index (χ1n) is 7.28. The fourth-order valence-corrected chi connectivity index (χ4v) is 1.98. The summed E-state index contributed by atoms with van der Waals surface area (Å²) >= 11 is 0. The van der Waals surface area contributed by atoms with Gasteiger partial charge in [-0.1, -0.05) is 12.1 Å². The lowest BCUT2D eigenvalue weighted by Crippen LogP contribution is -2.32. The highest BCUT2D eigenvalue weighted by molar-refractivity contribution is 5.89. The molecule has 0 aliphatic carbocycles. The maximum absolute atomic E-state index is 13.3. The van der Waals surface area contributed by atoms with Crippen molar-refractivity contribution in [3.05, 3.63) is 48.3 Å². The van der Waals surface area contributed by atoms with Crippen LogP contribution in [0.3, 0.4) is 0 Å². The molecule has 0 atom stereocenters. The van der Waals surface area contributed by atoms with Gasteiger partial charge in [-0.15, -0.1) is 0 Å². The van der Waals surface area contributed by atoms with E-state index in [1.54, 1.807) is 30.3 Å². The summed E-state index contributed by atoms with van der Waals surface area (Å²) in [5.41, 5.74) is 0.556. The maximum Gasteiger partial charge on any atom is 0.319 e. The van der Waals surface area contributed by atoms with Crippen molar-refractivity contribution in [1.29, 1.82) is 0 Å². The number of rotatable bonds is 7. The average Bonchev–Trinajstić information content (AvgIpc) is 2.60. The molecule has 2 N–H and O–H groups in total. The fraction of sp³-hybridized carbons (Fsp3) is 0.235. The van der Waals surface area contributed by atoms with E-state index in [0.29, 0.717) is 17.2 Å². The predicted molar refractivity (Wildman–Crippen MR) is 88.5 cm³/mol. The third-order valence-corrected chi connectivity index (χ3v) is 3.12. The van der Waals surface area contributed by atoms with Gasteiger partial charge in [-0.2, -0.15) is 0 Å². The first kappa shape index (κ1) is 17.4. The normalized spacial score (nSPS) is 9.96. The van der Waals surface area contributed by atoms with E-state index in [9.17, 15) is 9.18 Å². The lowest BCUT2D eigenvalue weighted by molar-refractivity contribution is 0.246. The number of hydrogen-bond acceptors (Lipinski definition) is 4. The smallest absolute Gasteiger partial charge is 0.319 e. The minimum atomic E-state index is -0.438. The van der Waals surface area contributed by atoms with E-state index in [2.05, 4.69) is 10.6 Å². The highest BCUT2D eigenvalue weighted by Gasteiger charge is 2.07. The van der Waals surface area contributed by atoms with Crippen molar-refractivity contribution >= 4 is 11.7 Å². The van der Waals surface area contributed by atoms with Crippen LogP contribution in [0.1, 0.15) is 0 Å². The van der Waals surface area contributed by atoms with Gasteiger partial charge in [0.05, 0.1) is 20.8 Å². The zero-order valence-corrected chi connectivity index (χ0v) is 13.5. The first-order valence-corrected chi connectivity index (χ1v) is 7.28. The van der Waals surface area contributed by atoms with Gasteiger partial charge < -0.3 is 24.8 Å². The standard InChI is InChI=1S/C17H19FN2O4/c1-22-15-8-7-12(11-16(15)23-2)20-17(21)19-9-10-24-14-6-4-3-5-13(14)18/h3-8,11H,9-10H2,1-2H3,(H2,19,20,21). The van der Waals surface area contributed by atoms with Crippen LogP contribution >= 0.6 is 0 Å². The number of methoxy groups -OCH3 is 2. The Hall–Kier alpha value is -2.96. The van der Waals surface area contributed by atoms with E-state index >= 15 is 0 Å². The molecule has 0 aliphatic heterocycles. The highest BCUT2D eigenvalue weighted by atomic mass is 19.1. The summed E-state index contributed by atoms with van der Waals surface area (Å²) in [5.74, 6) is 0.798. The maximum atomic E-state index is 13.3. The van der Waals surface area contributed by atoms with Crippen LogP contribution in [0.4, 0.5) is 14.9 Å². The minimum absolute atomic E-state index is 0.152. The zero-order valence-electron chi connectivity index (χ0n) is 13.5. The number of carbonyl (C=O) groups is 1. The third kappa shape index (κ3) is 4.77. The van der Waals surface area contributed by atoms with E-state index in [4.69, 9.17) is 14.2 Å². The molecule has 2 rings (SSSR count). The number of para-hydroxylation sites is 1. The van der Waals surface area contributed by atoms with Gasteiger partial charge in [0.2, 0.25) is 0 Å². The summed E-state index contributed by atoms with van der Waals surface area (Å²) in [7, 11) is 3.05. The molecule has 0 saturated carbocycles. The molecular formula is C17H19FN2O4. The average molecular weight is 334 g/mol. The van der Waals surface area contributed by atoms with Gasteiger partial charge in [-0.3, -0.25) is 0 Å². The number of anilines is 1. The Morgan fingerprint density at radius 3 is 2.50 bits per heavy atom. The van der Waals surface area contributed by atoms with Gasteiger partial charge in [0.15, 0.2) is 23.1 Å². The third-order valence-electron chi connectivity index (χ3n) is 3.12. The number of carbonyl (C=O) groups excluding carboxylic acids is 1. The first-order chi connectivity index (χ1) is 11.6. The van der Waals surface area contributed by atoms with Gasteiger partial charge in [0.1, 0.15) is 6.61 Å². The Morgan fingerprint density at radius 2 is 1.79 bits per heavy atom. The summed E-state index contributed by atoms with van der Waals surface area (Å²) in [5, 5.41) is 5.28. The van der Waals surface area contributed by atoms with Gasteiger partial charge in [0, 0.05) is 11.8 Å². The van der Waals surface area contributed by atoms with Gasteiger partial charge in [-0.05, 0) is 24.3 Å². The molecule has 128 valence electrons. The van der Waals surface area contributed by atoms with Crippen molar-refractivity contribution in [2.24, 2.45) is 0 Å². The van der Waals surface area contributed by atoms with Crippen LogP contribution in [0.25, 0.3) is 0 Å². The molecule has 6 nitrogen and oxygen atoms in total. The van der Waals surface area contributed by atoms with E-state index in [1.165, 1.54) is 26.4 Å². The molecule has 0 fully saturated rings. The molecule has 0 aromatic heterocycles. The summed E-state index contributed by atoms with van der Waals surface area (Å²) < 4.78 is 28.9. The van der Waals surface area contributed by atoms with Crippen molar-refractivity contribution in [2.75, 3.05) is 32.7 Å². The lowest BCUT2D eigenvalue weighted by Gasteiger charge is -2.12.